The lowest BCUT2D eigenvalue weighted by atomic mass is 9.91. The number of hydrogen-bond donors (Lipinski definition) is 0. The van der Waals surface area contributed by atoms with E-state index >= 15 is 0 Å². The molecule has 0 aliphatic heterocycles. The van der Waals surface area contributed by atoms with Crippen molar-refractivity contribution in [2.45, 2.75) is 0 Å². The van der Waals surface area contributed by atoms with Gasteiger partial charge in [-0.3, -0.25) is 0 Å². The van der Waals surface area contributed by atoms with E-state index in [0.29, 0.717) is 17.5 Å². The molecule has 0 aliphatic rings. The average molecular weight is 576 g/mol. The smallest absolute Gasteiger partial charge is 0.164 e. The standard InChI is InChI=1S/C41H25N3O/c1-3-12-27(13-4-1)39-42-40(28-14-5-2-6-15-28)44-41(43-39)35-25-24-31(29-17-7-8-18-30(29)35)33-20-11-16-26-22-23-34-32-19-9-10-21-36(32)45-38(34)37(26)33/h1-25H. The van der Waals surface area contributed by atoms with Gasteiger partial charge in [0.25, 0.3) is 0 Å². The Morgan fingerprint density at radius 2 is 0.933 bits per heavy atom. The fourth-order valence-electron chi connectivity index (χ4n) is 6.43. The summed E-state index contributed by atoms with van der Waals surface area (Å²) < 4.78 is 6.52. The number of furan rings is 1. The van der Waals surface area contributed by atoms with Crippen LogP contribution in [0.25, 0.3) is 88.8 Å². The maximum atomic E-state index is 6.52. The van der Waals surface area contributed by atoms with Crippen LogP contribution in [0.4, 0.5) is 0 Å². The van der Waals surface area contributed by atoms with E-state index in [1.807, 2.05) is 72.8 Å². The summed E-state index contributed by atoms with van der Waals surface area (Å²) in [5, 5.41) is 6.71. The quantitative estimate of drug-likeness (QED) is 0.209. The molecule has 0 bridgehead atoms. The summed E-state index contributed by atoms with van der Waals surface area (Å²) in [6, 6.07) is 52.1. The largest absolute Gasteiger partial charge is 0.455 e. The molecule has 0 atom stereocenters. The lowest BCUT2D eigenvalue weighted by Gasteiger charge is -2.14. The highest BCUT2D eigenvalue weighted by atomic mass is 16.3. The van der Waals surface area contributed by atoms with Gasteiger partial charge >= 0.3 is 0 Å². The lowest BCUT2D eigenvalue weighted by molar-refractivity contribution is 0.673. The second-order valence-electron chi connectivity index (χ2n) is 11.2. The van der Waals surface area contributed by atoms with Crippen LogP contribution in [0.5, 0.6) is 0 Å². The molecule has 45 heavy (non-hydrogen) atoms. The first-order valence-corrected chi connectivity index (χ1v) is 15.0. The van der Waals surface area contributed by atoms with Gasteiger partial charge in [0, 0.05) is 32.8 Å². The molecule has 0 fully saturated rings. The van der Waals surface area contributed by atoms with Crippen molar-refractivity contribution in [3.05, 3.63) is 152 Å². The van der Waals surface area contributed by atoms with Crippen LogP contribution in [0.3, 0.4) is 0 Å². The lowest BCUT2D eigenvalue weighted by Crippen LogP contribution is -2.00. The summed E-state index contributed by atoms with van der Waals surface area (Å²) in [7, 11) is 0. The molecule has 9 rings (SSSR count). The summed E-state index contributed by atoms with van der Waals surface area (Å²) in [4.78, 5) is 15.0. The van der Waals surface area contributed by atoms with Gasteiger partial charge in [-0.1, -0.05) is 133 Å². The molecule has 2 aromatic heterocycles. The summed E-state index contributed by atoms with van der Waals surface area (Å²) >= 11 is 0. The van der Waals surface area contributed by atoms with Gasteiger partial charge in [-0.15, -0.1) is 0 Å². The first-order chi connectivity index (χ1) is 22.3. The molecule has 0 spiro atoms. The fraction of sp³-hybridized carbons (Fsp3) is 0. The summed E-state index contributed by atoms with van der Waals surface area (Å²) in [6.45, 7) is 0. The Bertz CT molecular complexity index is 2480. The van der Waals surface area contributed by atoms with Crippen LogP contribution >= 0.6 is 0 Å². The van der Waals surface area contributed by atoms with Crippen LogP contribution in [-0.4, -0.2) is 15.0 Å². The van der Waals surface area contributed by atoms with Crippen LogP contribution in [0.15, 0.2) is 156 Å². The van der Waals surface area contributed by atoms with E-state index < -0.39 is 0 Å². The number of aromatic nitrogens is 3. The third-order valence-electron chi connectivity index (χ3n) is 8.54. The van der Waals surface area contributed by atoms with Gasteiger partial charge < -0.3 is 4.42 Å². The van der Waals surface area contributed by atoms with Crippen molar-refractivity contribution in [2.24, 2.45) is 0 Å². The van der Waals surface area contributed by atoms with Crippen molar-refractivity contribution in [3.63, 3.8) is 0 Å². The highest BCUT2D eigenvalue weighted by Gasteiger charge is 2.18. The van der Waals surface area contributed by atoms with Crippen molar-refractivity contribution in [1.29, 1.82) is 0 Å². The molecule has 0 unspecified atom stereocenters. The number of rotatable bonds is 4. The van der Waals surface area contributed by atoms with Gasteiger partial charge in [-0.05, 0) is 45.5 Å². The van der Waals surface area contributed by atoms with Crippen molar-refractivity contribution < 1.29 is 4.42 Å². The molecule has 2 heterocycles. The molecule has 0 radical (unpaired) electrons. The monoisotopic (exact) mass is 575 g/mol. The molecule has 0 N–H and O–H groups in total. The van der Waals surface area contributed by atoms with Crippen molar-refractivity contribution in [3.8, 4) is 45.3 Å². The Morgan fingerprint density at radius 1 is 0.356 bits per heavy atom. The predicted octanol–water partition coefficient (Wildman–Crippen LogP) is 10.7. The number of para-hydroxylation sites is 1. The van der Waals surface area contributed by atoms with E-state index in [1.54, 1.807) is 0 Å². The van der Waals surface area contributed by atoms with Crippen LogP contribution in [0.1, 0.15) is 0 Å². The first-order valence-electron chi connectivity index (χ1n) is 15.0. The normalized spacial score (nSPS) is 11.6. The Labute approximate surface area is 259 Å². The van der Waals surface area contributed by atoms with Gasteiger partial charge in [0.1, 0.15) is 11.2 Å². The number of nitrogens with zero attached hydrogens (tertiary/aromatic N) is 3. The van der Waals surface area contributed by atoms with Crippen LogP contribution in [0, 0.1) is 0 Å². The van der Waals surface area contributed by atoms with Crippen molar-refractivity contribution >= 4 is 43.5 Å². The average Bonchev–Trinajstić information content (AvgIpc) is 3.50. The van der Waals surface area contributed by atoms with Gasteiger partial charge in [-0.2, -0.15) is 0 Å². The molecule has 0 amide bonds. The highest BCUT2D eigenvalue weighted by molar-refractivity contribution is 6.20. The van der Waals surface area contributed by atoms with Crippen LogP contribution in [0.2, 0.25) is 0 Å². The third-order valence-corrected chi connectivity index (χ3v) is 8.54. The molecular formula is C41H25N3O. The minimum atomic E-state index is 0.642. The predicted molar refractivity (Wildman–Crippen MR) is 184 cm³/mol. The second kappa shape index (κ2) is 10.2. The SMILES string of the molecule is c1ccc(-c2nc(-c3ccccc3)nc(-c3ccc(-c4cccc5ccc6c7ccccc7oc6c45)c4ccccc34)n2)cc1. The molecule has 0 saturated carbocycles. The molecule has 0 aliphatic carbocycles. The van der Waals surface area contributed by atoms with E-state index in [9.17, 15) is 0 Å². The third kappa shape index (κ3) is 4.19. The van der Waals surface area contributed by atoms with Gasteiger partial charge in [0.15, 0.2) is 17.5 Å². The zero-order valence-corrected chi connectivity index (χ0v) is 24.2. The van der Waals surface area contributed by atoms with Gasteiger partial charge in [0.05, 0.1) is 0 Å². The van der Waals surface area contributed by atoms with Crippen LogP contribution < -0.4 is 0 Å². The highest BCUT2D eigenvalue weighted by Crippen LogP contribution is 2.42. The molecule has 4 heteroatoms. The molecule has 210 valence electrons. The Morgan fingerprint density at radius 3 is 1.64 bits per heavy atom. The van der Waals surface area contributed by atoms with E-state index in [1.165, 1.54) is 0 Å². The van der Waals surface area contributed by atoms with Crippen LogP contribution in [-0.2, 0) is 0 Å². The molecule has 9 aromatic rings. The van der Waals surface area contributed by atoms with Gasteiger partial charge in [0.2, 0.25) is 0 Å². The fourth-order valence-corrected chi connectivity index (χ4v) is 6.43. The zero-order valence-electron chi connectivity index (χ0n) is 24.2. The number of hydrogen-bond acceptors (Lipinski definition) is 4. The van der Waals surface area contributed by atoms with E-state index in [4.69, 9.17) is 19.4 Å². The molecule has 7 aromatic carbocycles. The number of benzene rings is 7. The number of fused-ring (bicyclic) bond motifs is 6. The van der Waals surface area contributed by atoms with E-state index in [-0.39, 0.29) is 0 Å². The molecule has 0 saturated heterocycles. The minimum Gasteiger partial charge on any atom is -0.455 e. The van der Waals surface area contributed by atoms with Gasteiger partial charge in [-0.25, -0.2) is 15.0 Å². The summed E-state index contributed by atoms with van der Waals surface area (Å²) in [5.41, 5.74) is 6.93. The zero-order chi connectivity index (χ0) is 29.7. The maximum absolute atomic E-state index is 6.52. The molecule has 4 nitrogen and oxygen atoms in total. The minimum absolute atomic E-state index is 0.642. The topological polar surface area (TPSA) is 51.8 Å². The van der Waals surface area contributed by atoms with E-state index in [2.05, 4.69) is 78.9 Å². The van der Waals surface area contributed by atoms with Crippen molar-refractivity contribution in [2.75, 3.05) is 0 Å². The van der Waals surface area contributed by atoms with E-state index in [0.717, 1.165) is 71.3 Å². The Balaban J connectivity index is 1.29. The molecular weight excluding hydrogens is 550 g/mol. The summed E-state index contributed by atoms with van der Waals surface area (Å²) in [5.74, 6) is 1.94. The second-order valence-corrected chi connectivity index (χ2v) is 11.2. The Kier molecular flexibility index (Phi) is 5.78. The summed E-state index contributed by atoms with van der Waals surface area (Å²) in [6.07, 6.45) is 0. The maximum Gasteiger partial charge on any atom is 0.164 e. The first kappa shape index (κ1) is 25.4. The van der Waals surface area contributed by atoms with Crippen molar-refractivity contribution in [1.82, 2.24) is 15.0 Å². The Hall–Kier alpha value is -6.13.